The Bertz CT molecular complexity index is 1530. The van der Waals surface area contributed by atoms with Crippen LogP contribution >= 0.6 is 12.2 Å². The van der Waals surface area contributed by atoms with Gasteiger partial charge in [0.25, 0.3) is 5.11 Å². The van der Waals surface area contributed by atoms with E-state index in [0.717, 1.165) is 16.5 Å². The van der Waals surface area contributed by atoms with Crippen molar-refractivity contribution in [1.29, 1.82) is 0 Å². The molecule has 41 heavy (non-hydrogen) atoms. The number of aliphatic carboxylic acids is 1. The molecule has 4 N–H and O–H groups in total. The second-order valence-electron chi connectivity index (χ2n) is 10.2. The van der Waals surface area contributed by atoms with Gasteiger partial charge in [-0.05, 0) is 50.4 Å². The van der Waals surface area contributed by atoms with Crippen molar-refractivity contribution in [3.8, 4) is 5.88 Å². The van der Waals surface area contributed by atoms with E-state index in [2.05, 4.69) is 20.9 Å². The van der Waals surface area contributed by atoms with Crippen molar-refractivity contribution in [2.45, 2.75) is 26.6 Å². The van der Waals surface area contributed by atoms with Crippen molar-refractivity contribution in [3.63, 3.8) is 0 Å². The number of anilines is 1. The minimum absolute atomic E-state index is 0.0420. The molecular formula is C27H30FN7O5S. The highest BCUT2D eigenvalue weighted by atomic mass is 32.1. The number of carboxylic acid groups (broad SMARTS) is 1. The minimum Gasteiger partial charge on any atom is -0.493 e. The van der Waals surface area contributed by atoms with Crippen LogP contribution in [0.1, 0.15) is 12.5 Å². The lowest BCUT2D eigenvalue weighted by atomic mass is 9.82. The van der Waals surface area contributed by atoms with Gasteiger partial charge in [-0.15, -0.1) is 4.91 Å². The van der Waals surface area contributed by atoms with E-state index < -0.39 is 29.5 Å². The molecule has 0 radical (unpaired) electrons. The van der Waals surface area contributed by atoms with E-state index in [0.29, 0.717) is 50.8 Å². The first kappa shape index (κ1) is 28.2. The molecule has 0 bridgehead atoms. The van der Waals surface area contributed by atoms with Crippen LogP contribution in [0.3, 0.4) is 0 Å². The molecule has 0 spiro atoms. The van der Waals surface area contributed by atoms with Crippen molar-refractivity contribution in [2.24, 2.45) is 11.1 Å². The molecule has 0 saturated carbocycles. The number of hydrazine groups is 1. The topological polar surface area (TPSA) is 143 Å². The van der Waals surface area contributed by atoms with Gasteiger partial charge in [-0.2, -0.15) is 0 Å². The summed E-state index contributed by atoms with van der Waals surface area (Å²) >= 11 is 4.79. The number of nitroso groups, excluding NO2 is 1. The van der Waals surface area contributed by atoms with E-state index in [1.807, 2.05) is 36.9 Å². The van der Waals surface area contributed by atoms with Gasteiger partial charge in [0.15, 0.2) is 5.78 Å². The number of halogens is 1. The number of Topliss-reactive ketones (excluding diaryl/α,β-unsaturated/α-hetero) is 1. The third-order valence-corrected chi connectivity index (χ3v) is 7.91. The maximum absolute atomic E-state index is 15.3. The Morgan fingerprint density at radius 3 is 2.61 bits per heavy atom. The summed E-state index contributed by atoms with van der Waals surface area (Å²) in [4.78, 5) is 40.8. The van der Waals surface area contributed by atoms with Crippen LogP contribution in [0, 0.1) is 17.7 Å². The number of ketones is 1. The number of rotatable bonds is 7. The van der Waals surface area contributed by atoms with E-state index >= 15 is 4.39 Å². The fourth-order valence-electron chi connectivity index (χ4n) is 5.62. The fourth-order valence-corrected chi connectivity index (χ4v) is 5.68. The smallest absolute Gasteiger partial charge is 0.340 e. The molecule has 1 aliphatic carbocycles. The maximum atomic E-state index is 15.3. The van der Waals surface area contributed by atoms with Crippen molar-refractivity contribution in [2.75, 3.05) is 38.1 Å². The van der Waals surface area contributed by atoms with Crippen molar-refractivity contribution < 1.29 is 24.2 Å². The monoisotopic (exact) mass is 583 g/mol. The number of aryl methyl sites for hydroxylation is 1. The van der Waals surface area contributed by atoms with E-state index in [9.17, 15) is 24.7 Å². The lowest BCUT2D eigenvalue weighted by Crippen LogP contribution is -2.49. The lowest BCUT2D eigenvalue weighted by Gasteiger charge is -2.42. The predicted octanol–water partition coefficient (Wildman–Crippen LogP) is 2.81. The Balaban J connectivity index is 1.32. The number of carbonyl (C=O) groups is 2. The highest BCUT2D eigenvalue weighted by Crippen LogP contribution is 2.38. The largest absolute Gasteiger partial charge is 0.493 e. The van der Waals surface area contributed by atoms with Crippen molar-refractivity contribution in [3.05, 3.63) is 64.1 Å². The summed E-state index contributed by atoms with van der Waals surface area (Å²) < 4.78 is 17.1. The van der Waals surface area contributed by atoms with Gasteiger partial charge in [0, 0.05) is 49.5 Å². The van der Waals surface area contributed by atoms with Gasteiger partial charge < -0.3 is 20.0 Å². The Kier molecular flexibility index (Phi) is 7.78. The lowest BCUT2D eigenvalue weighted by molar-refractivity contribution is -0.136. The number of likely N-dealkylation sites (N-methyl/N-ethyl adjacent to an activating group) is 1. The number of piperazine rings is 1. The zero-order valence-electron chi connectivity index (χ0n) is 22.5. The van der Waals surface area contributed by atoms with Gasteiger partial charge in [-0.25, -0.2) is 9.18 Å². The van der Waals surface area contributed by atoms with Crippen molar-refractivity contribution >= 4 is 45.7 Å². The zero-order valence-corrected chi connectivity index (χ0v) is 23.3. The number of nitrogens with zero attached hydrogens (tertiary/aromatic N) is 5. The number of aromatic nitrogens is 1. The maximum Gasteiger partial charge on any atom is 0.340 e. The number of fused-ring (bicyclic) bond motifs is 2. The SMILES string of the molecule is CCN1C=C(C(=O)O)C(=O)C2C=C(F)C(N3CCN(Cn4c(O)c(NNC(=S)N=O)c5cc(C)ccc54)CC3)=CC21. The Morgan fingerprint density at radius 2 is 1.95 bits per heavy atom. The molecule has 1 aromatic carbocycles. The minimum atomic E-state index is -1.32. The van der Waals surface area contributed by atoms with Gasteiger partial charge in [-0.1, -0.05) is 11.6 Å². The summed E-state index contributed by atoms with van der Waals surface area (Å²) in [6.45, 7) is 6.78. The fraction of sp³-hybridized carbons (Fsp3) is 0.370. The van der Waals surface area contributed by atoms with Crippen molar-refractivity contribution in [1.82, 2.24) is 24.7 Å². The second kappa shape index (κ2) is 11.3. The molecule has 12 nitrogen and oxygen atoms in total. The third-order valence-electron chi connectivity index (χ3n) is 7.73. The number of carboxylic acids is 1. The van der Waals surface area contributed by atoms with Crippen LogP contribution in [-0.4, -0.2) is 85.1 Å². The van der Waals surface area contributed by atoms with Crippen LogP contribution in [0.5, 0.6) is 5.88 Å². The normalized spacial score (nSPS) is 21.1. The molecule has 3 heterocycles. The molecule has 1 fully saturated rings. The van der Waals surface area contributed by atoms with E-state index in [1.54, 1.807) is 15.5 Å². The molecular weight excluding hydrogens is 553 g/mol. The number of thiocarbonyl (C=S) groups is 1. The highest BCUT2D eigenvalue weighted by Gasteiger charge is 2.41. The summed E-state index contributed by atoms with van der Waals surface area (Å²) in [7, 11) is 0. The molecule has 1 aromatic heterocycles. The number of hydrogen-bond acceptors (Lipinski definition) is 9. The summed E-state index contributed by atoms with van der Waals surface area (Å²) in [6, 6.07) is 5.29. The summed E-state index contributed by atoms with van der Waals surface area (Å²) in [5, 5.41) is 23.6. The first-order valence-corrected chi connectivity index (χ1v) is 13.6. The Labute approximate surface area is 240 Å². The molecule has 1 saturated heterocycles. The van der Waals surface area contributed by atoms with Gasteiger partial charge in [0.1, 0.15) is 17.1 Å². The third kappa shape index (κ3) is 5.27. The first-order valence-electron chi connectivity index (χ1n) is 13.2. The molecule has 216 valence electrons. The Morgan fingerprint density at radius 1 is 1.22 bits per heavy atom. The van der Waals surface area contributed by atoms with Crippen LogP contribution in [0.4, 0.5) is 10.1 Å². The van der Waals surface area contributed by atoms with Crippen LogP contribution in [-0.2, 0) is 16.3 Å². The van der Waals surface area contributed by atoms with Gasteiger partial charge >= 0.3 is 5.97 Å². The molecule has 2 aliphatic heterocycles. The number of hydrogen-bond donors (Lipinski definition) is 4. The Hall–Kier alpha value is -4.30. The molecule has 2 unspecified atom stereocenters. The zero-order chi connectivity index (χ0) is 29.4. The molecule has 2 aromatic rings. The summed E-state index contributed by atoms with van der Waals surface area (Å²) in [6.07, 6.45) is 4.32. The first-order chi connectivity index (χ1) is 19.6. The van der Waals surface area contributed by atoms with Gasteiger partial charge in [0.05, 0.1) is 29.8 Å². The van der Waals surface area contributed by atoms with E-state index in [-0.39, 0.29) is 16.6 Å². The molecule has 2 atom stereocenters. The van der Waals surface area contributed by atoms with Crippen LogP contribution in [0.2, 0.25) is 0 Å². The van der Waals surface area contributed by atoms with Gasteiger partial charge in [-0.3, -0.25) is 25.1 Å². The second-order valence-corrected chi connectivity index (χ2v) is 10.6. The number of benzene rings is 1. The highest BCUT2D eigenvalue weighted by molar-refractivity contribution is 7.80. The molecule has 0 amide bonds. The number of aromatic hydroxyl groups is 1. The van der Waals surface area contributed by atoms with E-state index in [4.69, 9.17) is 12.2 Å². The van der Waals surface area contributed by atoms with E-state index in [1.165, 1.54) is 12.3 Å². The number of carbonyl (C=O) groups excluding carboxylic acids is 1. The number of nitrogens with one attached hydrogen (secondary N) is 2. The average Bonchev–Trinajstić information content (AvgIpc) is 3.21. The number of allylic oxidation sites excluding steroid dienone is 1. The standard InChI is InChI=1S/C27H30FN7O5S/c1-3-33-13-18(26(38)39)24(36)17-11-19(28)22(12-21(17)33)34-8-6-32(7-9-34)14-35-20-5-4-15(2)10-16(20)23(25(35)37)29-30-27(41)31-40/h4-5,10-13,17,21,29,37H,3,6-9,14H2,1-2H3,(H,30,41)(H,38,39). The summed E-state index contributed by atoms with van der Waals surface area (Å²) in [5.41, 5.74) is 7.47. The van der Waals surface area contributed by atoms with Crippen LogP contribution < -0.4 is 10.9 Å². The molecule has 3 aliphatic rings. The van der Waals surface area contributed by atoms with Crippen LogP contribution in [0.25, 0.3) is 10.9 Å². The van der Waals surface area contributed by atoms with Crippen LogP contribution in [0.15, 0.2) is 58.8 Å². The molecule has 5 rings (SSSR count). The molecule has 14 heteroatoms. The predicted molar refractivity (Wildman–Crippen MR) is 154 cm³/mol. The average molecular weight is 584 g/mol. The quantitative estimate of drug-likeness (QED) is 0.165. The summed E-state index contributed by atoms with van der Waals surface area (Å²) in [5.74, 6) is -3.38. The van der Waals surface area contributed by atoms with Gasteiger partial charge in [0.2, 0.25) is 5.88 Å².